The van der Waals surface area contributed by atoms with Crippen LogP contribution in [0.3, 0.4) is 0 Å². The molecule has 0 amide bonds. The van der Waals surface area contributed by atoms with Crippen LogP contribution >= 0.6 is 27.3 Å². The molecular weight excluding hydrogens is 456 g/mol. The number of aliphatic hydroxyl groups is 1. The number of thiazole rings is 1. The Morgan fingerprint density at radius 2 is 1.93 bits per heavy atom. The number of rotatable bonds is 4. The summed E-state index contributed by atoms with van der Waals surface area (Å²) in [6.45, 7) is 1.51. The molecule has 2 N–H and O–H groups in total. The molecule has 5 rings (SSSR count). The monoisotopic (exact) mass is 474 g/mol. The number of benzene rings is 1. The molecule has 1 saturated heterocycles. The maximum absolute atomic E-state index is 11.0. The van der Waals surface area contributed by atoms with E-state index in [9.17, 15) is 10.2 Å². The van der Waals surface area contributed by atoms with Gasteiger partial charge in [0.1, 0.15) is 0 Å². The van der Waals surface area contributed by atoms with Crippen LogP contribution in [0, 0.1) is 0 Å². The standard InChI is InChI=1S/C20H19BrN4O3S/c21-13-5-3-12(4-6-13)16(24-9-7-14(26)8-10-24)17-19(27)25-20(29-17)22-18(23-25)15-2-1-11-28-15/h1-6,11,14,16,26-27H,7-10H2. The molecule has 1 aliphatic rings. The molecule has 150 valence electrons. The highest BCUT2D eigenvalue weighted by atomic mass is 79.9. The number of aliphatic hydroxyl groups excluding tert-OH is 1. The fraction of sp³-hybridized carbons (Fsp3) is 0.300. The number of aromatic nitrogens is 3. The fourth-order valence-corrected chi connectivity index (χ4v) is 5.14. The summed E-state index contributed by atoms with van der Waals surface area (Å²) in [7, 11) is 0. The third kappa shape index (κ3) is 3.48. The van der Waals surface area contributed by atoms with E-state index in [1.54, 1.807) is 18.4 Å². The molecule has 1 fully saturated rings. The lowest BCUT2D eigenvalue weighted by Crippen LogP contribution is -2.38. The summed E-state index contributed by atoms with van der Waals surface area (Å²) >= 11 is 4.92. The van der Waals surface area contributed by atoms with Crippen LogP contribution in [0.25, 0.3) is 16.5 Å². The van der Waals surface area contributed by atoms with Gasteiger partial charge in [0, 0.05) is 17.6 Å². The number of aromatic hydroxyl groups is 1. The summed E-state index contributed by atoms with van der Waals surface area (Å²) in [6.07, 6.45) is 2.75. The first-order chi connectivity index (χ1) is 14.1. The summed E-state index contributed by atoms with van der Waals surface area (Å²) in [5, 5.41) is 25.4. The molecule has 1 atom stereocenters. The molecular formula is C20H19BrN4O3S. The number of nitrogens with zero attached hydrogens (tertiary/aromatic N) is 4. The van der Waals surface area contributed by atoms with E-state index in [1.165, 1.54) is 15.9 Å². The van der Waals surface area contributed by atoms with Crippen molar-refractivity contribution >= 4 is 32.2 Å². The van der Waals surface area contributed by atoms with Crippen molar-refractivity contribution in [1.82, 2.24) is 19.5 Å². The van der Waals surface area contributed by atoms with E-state index in [4.69, 9.17) is 4.42 Å². The zero-order chi connectivity index (χ0) is 20.0. The molecule has 4 aromatic rings. The van der Waals surface area contributed by atoms with E-state index < -0.39 is 0 Å². The van der Waals surface area contributed by atoms with Gasteiger partial charge in [-0.25, -0.2) is 0 Å². The third-order valence-corrected chi connectivity index (χ3v) is 6.84. The lowest BCUT2D eigenvalue weighted by Gasteiger charge is -2.36. The van der Waals surface area contributed by atoms with Gasteiger partial charge >= 0.3 is 0 Å². The summed E-state index contributed by atoms with van der Waals surface area (Å²) in [5.74, 6) is 1.11. The molecule has 1 aliphatic heterocycles. The number of fused-ring (bicyclic) bond motifs is 1. The van der Waals surface area contributed by atoms with Gasteiger partial charge < -0.3 is 14.6 Å². The van der Waals surface area contributed by atoms with Gasteiger partial charge in [-0.2, -0.15) is 9.50 Å². The average molecular weight is 475 g/mol. The van der Waals surface area contributed by atoms with Crippen LogP contribution in [-0.4, -0.2) is 48.9 Å². The van der Waals surface area contributed by atoms with Crippen molar-refractivity contribution in [2.24, 2.45) is 0 Å². The van der Waals surface area contributed by atoms with Gasteiger partial charge in [0.25, 0.3) is 0 Å². The van der Waals surface area contributed by atoms with E-state index in [2.05, 4.69) is 43.0 Å². The average Bonchev–Trinajstić information content (AvgIpc) is 3.44. The van der Waals surface area contributed by atoms with Crippen LogP contribution in [0.2, 0.25) is 0 Å². The Kier molecular flexibility index (Phi) is 4.91. The number of likely N-dealkylation sites (tertiary alicyclic amines) is 1. The molecule has 9 heteroatoms. The van der Waals surface area contributed by atoms with Gasteiger partial charge in [-0.1, -0.05) is 39.4 Å². The smallest absolute Gasteiger partial charge is 0.230 e. The predicted octanol–water partition coefficient (Wildman–Crippen LogP) is 4.07. The molecule has 0 saturated carbocycles. The molecule has 0 bridgehead atoms. The van der Waals surface area contributed by atoms with Crippen molar-refractivity contribution in [3.05, 3.63) is 57.6 Å². The minimum atomic E-state index is -0.261. The molecule has 1 aromatic carbocycles. The van der Waals surface area contributed by atoms with E-state index in [0.29, 0.717) is 16.5 Å². The molecule has 1 unspecified atom stereocenters. The summed E-state index contributed by atoms with van der Waals surface area (Å²) in [5.41, 5.74) is 1.08. The molecule has 29 heavy (non-hydrogen) atoms. The minimum absolute atomic E-state index is 0.0920. The number of furan rings is 1. The highest BCUT2D eigenvalue weighted by molar-refractivity contribution is 9.10. The topological polar surface area (TPSA) is 87.0 Å². The second-order valence-corrected chi connectivity index (χ2v) is 9.04. The summed E-state index contributed by atoms with van der Waals surface area (Å²) in [4.78, 5) is 8.24. The Hall–Kier alpha value is -2.20. The Morgan fingerprint density at radius 1 is 1.17 bits per heavy atom. The lowest BCUT2D eigenvalue weighted by molar-refractivity contribution is 0.0689. The fourth-order valence-electron chi connectivity index (χ4n) is 3.76. The number of halogens is 1. The molecule has 3 aromatic heterocycles. The van der Waals surface area contributed by atoms with Crippen molar-refractivity contribution < 1.29 is 14.6 Å². The number of hydrogen-bond acceptors (Lipinski definition) is 7. The first-order valence-electron chi connectivity index (χ1n) is 9.40. The molecule has 7 nitrogen and oxygen atoms in total. The highest BCUT2D eigenvalue weighted by Crippen LogP contribution is 2.41. The largest absolute Gasteiger partial charge is 0.492 e. The van der Waals surface area contributed by atoms with Crippen molar-refractivity contribution in [2.75, 3.05) is 13.1 Å². The van der Waals surface area contributed by atoms with Crippen LogP contribution in [-0.2, 0) is 0 Å². The van der Waals surface area contributed by atoms with Gasteiger partial charge in [-0.15, -0.1) is 5.10 Å². The predicted molar refractivity (Wildman–Crippen MR) is 113 cm³/mol. The first kappa shape index (κ1) is 18.8. The van der Waals surface area contributed by atoms with Gasteiger partial charge in [-0.05, 0) is 42.7 Å². The van der Waals surface area contributed by atoms with Crippen molar-refractivity contribution in [3.63, 3.8) is 0 Å². The van der Waals surface area contributed by atoms with E-state index >= 15 is 0 Å². The first-order valence-corrected chi connectivity index (χ1v) is 11.0. The Balaban J connectivity index is 1.57. The van der Waals surface area contributed by atoms with Crippen LogP contribution in [0.5, 0.6) is 5.88 Å². The molecule has 0 radical (unpaired) electrons. The Labute approximate surface area is 179 Å². The van der Waals surface area contributed by atoms with E-state index in [0.717, 1.165) is 40.8 Å². The van der Waals surface area contributed by atoms with Gasteiger partial charge in [0.15, 0.2) is 5.76 Å². The highest BCUT2D eigenvalue weighted by Gasteiger charge is 2.32. The van der Waals surface area contributed by atoms with Crippen molar-refractivity contribution in [3.8, 4) is 17.5 Å². The van der Waals surface area contributed by atoms with Gasteiger partial charge in [-0.3, -0.25) is 4.90 Å². The number of piperidine rings is 1. The Bertz CT molecular complexity index is 1110. The maximum Gasteiger partial charge on any atom is 0.230 e. The van der Waals surface area contributed by atoms with Gasteiger partial charge in [0.05, 0.1) is 23.3 Å². The minimum Gasteiger partial charge on any atom is -0.492 e. The van der Waals surface area contributed by atoms with Crippen molar-refractivity contribution in [2.45, 2.75) is 25.0 Å². The van der Waals surface area contributed by atoms with Crippen LogP contribution < -0.4 is 0 Å². The second-order valence-electron chi connectivity index (χ2n) is 7.12. The molecule has 4 heterocycles. The lowest BCUT2D eigenvalue weighted by atomic mass is 9.99. The van der Waals surface area contributed by atoms with Crippen molar-refractivity contribution in [1.29, 1.82) is 0 Å². The quantitative estimate of drug-likeness (QED) is 0.463. The summed E-state index contributed by atoms with van der Waals surface area (Å²) < 4.78 is 7.85. The Morgan fingerprint density at radius 3 is 2.59 bits per heavy atom. The zero-order valence-electron chi connectivity index (χ0n) is 15.4. The van der Waals surface area contributed by atoms with E-state index in [-0.39, 0.29) is 18.0 Å². The van der Waals surface area contributed by atoms with Gasteiger partial charge in [0.2, 0.25) is 16.7 Å². The summed E-state index contributed by atoms with van der Waals surface area (Å²) in [6, 6.07) is 11.6. The maximum atomic E-state index is 11.0. The van der Waals surface area contributed by atoms with Crippen LogP contribution in [0.4, 0.5) is 0 Å². The SMILES string of the molecule is Oc1c(C(c2ccc(Br)cc2)N2CCC(O)CC2)sc2nc(-c3ccco3)nn12. The zero-order valence-corrected chi connectivity index (χ0v) is 17.8. The third-order valence-electron chi connectivity index (χ3n) is 5.24. The second kappa shape index (κ2) is 7.56. The van der Waals surface area contributed by atoms with E-state index in [1.807, 2.05) is 12.1 Å². The van der Waals surface area contributed by atoms with Crippen LogP contribution in [0.15, 0.2) is 51.6 Å². The normalized spacial score (nSPS) is 17.2. The molecule has 0 aliphatic carbocycles. The number of hydrogen-bond donors (Lipinski definition) is 2. The van der Waals surface area contributed by atoms with Crippen LogP contribution in [0.1, 0.15) is 29.3 Å². The molecule has 0 spiro atoms.